The zero-order chi connectivity index (χ0) is 25.2. The van der Waals surface area contributed by atoms with Crippen LogP contribution >= 0.6 is 35.3 Å². The van der Waals surface area contributed by atoms with Gasteiger partial charge in [0, 0.05) is 13.1 Å². The molecule has 0 spiro atoms. The first-order valence-corrected chi connectivity index (χ1v) is 14.1. The van der Waals surface area contributed by atoms with Crippen molar-refractivity contribution in [1.82, 2.24) is 19.0 Å². The molecular weight excluding hydrogens is 516 g/mol. The maximum absolute atomic E-state index is 13.8. The third-order valence-electron chi connectivity index (χ3n) is 6.30. The van der Waals surface area contributed by atoms with E-state index in [-0.39, 0.29) is 17.2 Å². The number of carbonyl (C=O) groups excluding carboxylic acids is 1. The molecule has 1 aliphatic rings. The first-order valence-electron chi connectivity index (χ1n) is 11.8. The smallest absolute Gasteiger partial charge is 0.278 e. The molecular formula is C26H25FN4O2S3. The zero-order valence-corrected chi connectivity index (χ0v) is 22.2. The summed E-state index contributed by atoms with van der Waals surface area (Å²) in [4.78, 5) is 33.6. The Morgan fingerprint density at radius 2 is 1.75 bits per heavy atom. The predicted molar refractivity (Wildman–Crippen MR) is 146 cm³/mol. The molecule has 1 amide bonds. The number of thioether (sulfide) groups is 1. The van der Waals surface area contributed by atoms with Crippen LogP contribution in [0.25, 0.3) is 21.7 Å². The minimum atomic E-state index is -0.396. The van der Waals surface area contributed by atoms with Crippen molar-refractivity contribution in [3.8, 4) is 11.4 Å². The number of aryl methyl sites for hydroxylation is 1. The van der Waals surface area contributed by atoms with Crippen LogP contribution in [0.1, 0.15) is 31.2 Å². The largest absolute Gasteiger partial charge is 0.342 e. The minimum Gasteiger partial charge on any atom is -0.342 e. The van der Waals surface area contributed by atoms with Gasteiger partial charge >= 0.3 is 0 Å². The van der Waals surface area contributed by atoms with Crippen LogP contribution in [0, 0.1) is 16.7 Å². The van der Waals surface area contributed by atoms with Gasteiger partial charge < -0.3 is 4.90 Å². The van der Waals surface area contributed by atoms with Gasteiger partial charge in [0.15, 0.2) is 14.8 Å². The molecule has 4 aromatic rings. The van der Waals surface area contributed by atoms with E-state index in [0.717, 1.165) is 50.0 Å². The molecule has 5 rings (SSSR count). The Balaban J connectivity index is 1.63. The van der Waals surface area contributed by atoms with Gasteiger partial charge in [-0.3, -0.25) is 18.7 Å². The number of halogens is 1. The molecule has 0 unspecified atom stereocenters. The zero-order valence-electron chi connectivity index (χ0n) is 19.8. The number of fused-ring (bicyclic) bond motifs is 1. The topological polar surface area (TPSA) is 60.1 Å². The summed E-state index contributed by atoms with van der Waals surface area (Å²) in [5, 5.41) is 0.373. The van der Waals surface area contributed by atoms with Gasteiger partial charge in [-0.15, -0.1) is 0 Å². The second-order valence-corrected chi connectivity index (χ2v) is 11.3. The quantitative estimate of drug-likeness (QED) is 0.179. The number of carbonyl (C=O) groups is 1. The first-order chi connectivity index (χ1) is 17.4. The number of rotatable bonds is 5. The molecule has 0 radical (unpaired) electrons. The van der Waals surface area contributed by atoms with Gasteiger partial charge in [0.05, 0.1) is 17.1 Å². The fourth-order valence-corrected chi connectivity index (χ4v) is 6.61. The molecule has 0 atom stereocenters. The highest BCUT2D eigenvalue weighted by Crippen LogP contribution is 2.29. The molecule has 0 N–H and O–H groups in total. The number of likely N-dealkylation sites (tertiary alicyclic amines) is 1. The van der Waals surface area contributed by atoms with Crippen molar-refractivity contribution in [1.29, 1.82) is 0 Å². The summed E-state index contributed by atoms with van der Waals surface area (Å²) in [7, 11) is 0. The van der Waals surface area contributed by atoms with Gasteiger partial charge in [0.2, 0.25) is 5.91 Å². The van der Waals surface area contributed by atoms with Crippen LogP contribution in [0.3, 0.4) is 0 Å². The van der Waals surface area contributed by atoms with Gasteiger partial charge in [0.1, 0.15) is 10.5 Å². The average Bonchev–Trinajstić information content (AvgIpc) is 3.03. The summed E-state index contributed by atoms with van der Waals surface area (Å²) in [6, 6.07) is 13.5. The molecule has 1 saturated heterocycles. The molecule has 186 valence electrons. The number of hydrogen-bond donors (Lipinski definition) is 0. The minimum absolute atomic E-state index is 0.0305. The number of nitrogens with zero attached hydrogens (tertiary/aromatic N) is 4. The Labute approximate surface area is 221 Å². The predicted octanol–water partition coefficient (Wildman–Crippen LogP) is 5.91. The molecule has 0 saturated carbocycles. The second kappa shape index (κ2) is 10.7. The lowest BCUT2D eigenvalue weighted by Crippen LogP contribution is -2.33. The molecule has 1 fully saturated rings. The molecule has 2 aromatic heterocycles. The third kappa shape index (κ3) is 4.89. The Kier molecular flexibility index (Phi) is 7.36. The van der Waals surface area contributed by atoms with Crippen molar-refractivity contribution in [2.75, 3.05) is 18.8 Å². The van der Waals surface area contributed by atoms with Crippen molar-refractivity contribution in [2.45, 2.75) is 37.8 Å². The number of thiazole rings is 1. The van der Waals surface area contributed by atoms with Crippen LogP contribution in [-0.4, -0.2) is 43.8 Å². The van der Waals surface area contributed by atoms with E-state index in [1.807, 2.05) is 40.7 Å². The van der Waals surface area contributed by atoms with E-state index < -0.39 is 5.82 Å². The highest BCUT2D eigenvalue weighted by molar-refractivity contribution is 7.99. The number of para-hydroxylation sites is 1. The van der Waals surface area contributed by atoms with Crippen molar-refractivity contribution in [3.63, 3.8) is 0 Å². The number of benzene rings is 2. The van der Waals surface area contributed by atoms with Gasteiger partial charge in [-0.25, -0.2) is 9.37 Å². The summed E-state index contributed by atoms with van der Waals surface area (Å²) < 4.78 is 17.9. The van der Waals surface area contributed by atoms with E-state index >= 15 is 0 Å². The third-order valence-corrected chi connectivity index (χ3v) is 8.58. The molecule has 36 heavy (non-hydrogen) atoms. The SMILES string of the molecule is Cc1ccccc1-n1c(=S)sc2c(=O)n(-c3ccc(F)cc3)c(SCC(=O)N3CCCCCC3)nc21. The summed E-state index contributed by atoms with van der Waals surface area (Å²) in [6.07, 6.45) is 4.29. The van der Waals surface area contributed by atoms with E-state index in [0.29, 0.717) is 25.1 Å². The average molecular weight is 541 g/mol. The standard InChI is InChI=1S/C26H25FN4O2S3/c1-17-8-4-5-9-20(17)31-23-22(36-26(31)34)24(33)30(19-12-10-18(27)11-13-19)25(28-23)35-16-21(32)29-14-6-2-3-7-15-29/h4-5,8-13H,2-3,6-7,14-16H2,1H3. The number of aromatic nitrogens is 3. The lowest BCUT2D eigenvalue weighted by molar-refractivity contribution is -0.128. The highest BCUT2D eigenvalue weighted by atomic mass is 32.2. The number of amides is 1. The maximum atomic E-state index is 13.8. The Bertz CT molecular complexity index is 1530. The van der Waals surface area contributed by atoms with Crippen molar-refractivity contribution < 1.29 is 9.18 Å². The lowest BCUT2D eigenvalue weighted by Gasteiger charge is -2.20. The Morgan fingerprint density at radius 3 is 2.44 bits per heavy atom. The van der Waals surface area contributed by atoms with Crippen LogP contribution in [0.2, 0.25) is 0 Å². The van der Waals surface area contributed by atoms with Crippen molar-refractivity contribution in [2.24, 2.45) is 0 Å². The van der Waals surface area contributed by atoms with Crippen LogP contribution in [0.15, 0.2) is 58.5 Å². The molecule has 0 aliphatic carbocycles. The summed E-state index contributed by atoms with van der Waals surface area (Å²) in [6.45, 7) is 3.50. The van der Waals surface area contributed by atoms with Gasteiger partial charge in [-0.05, 0) is 67.9 Å². The van der Waals surface area contributed by atoms with Gasteiger partial charge in [-0.2, -0.15) is 0 Å². The molecule has 6 nitrogen and oxygen atoms in total. The van der Waals surface area contributed by atoms with Crippen molar-refractivity contribution >= 4 is 51.6 Å². The molecule has 1 aliphatic heterocycles. The highest BCUT2D eigenvalue weighted by Gasteiger charge is 2.22. The van der Waals surface area contributed by atoms with Gasteiger partial charge in [0.25, 0.3) is 5.56 Å². The summed E-state index contributed by atoms with van der Waals surface area (Å²) >= 11 is 8.08. The summed E-state index contributed by atoms with van der Waals surface area (Å²) in [5.41, 5.74) is 2.52. The van der Waals surface area contributed by atoms with Crippen LogP contribution in [-0.2, 0) is 4.79 Å². The number of hydrogen-bond acceptors (Lipinski definition) is 6. The Morgan fingerprint density at radius 1 is 1.06 bits per heavy atom. The monoisotopic (exact) mass is 540 g/mol. The fourth-order valence-electron chi connectivity index (χ4n) is 4.41. The normalized spacial score (nSPS) is 14.2. The van der Waals surface area contributed by atoms with E-state index in [2.05, 4.69) is 0 Å². The lowest BCUT2D eigenvalue weighted by atomic mass is 10.2. The van der Waals surface area contributed by atoms with Crippen LogP contribution in [0.4, 0.5) is 4.39 Å². The van der Waals surface area contributed by atoms with Crippen molar-refractivity contribution in [3.05, 3.63) is 74.2 Å². The summed E-state index contributed by atoms with van der Waals surface area (Å²) in [5.74, 6) is -0.204. The molecule has 2 aromatic carbocycles. The van der Waals surface area contributed by atoms with Gasteiger partial charge in [-0.1, -0.05) is 54.1 Å². The molecule has 3 heterocycles. The Hall–Kier alpha value is -2.82. The first kappa shape index (κ1) is 24.9. The van der Waals surface area contributed by atoms with Crippen LogP contribution < -0.4 is 5.56 Å². The van der Waals surface area contributed by atoms with E-state index in [1.165, 1.54) is 39.8 Å². The van der Waals surface area contributed by atoms with Crippen LogP contribution in [0.5, 0.6) is 0 Å². The second-order valence-electron chi connectivity index (χ2n) is 8.74. The van der Waals surface area contributed by atoms with E-state index in [1.54, 1.807) is 12.1 Å². The maximum Gasteiger partial charge on any atom is 0.278 e. The van der Waals surface area contributed by atoms with E-state index in [9.17, 15) is 14.0 Å². The van der Waals surface area contributed by atoms with E-state index in [4.69, 9.17) is 17.2 Å². The molecule has 0 bridgehead atoms. The molecule has 10 heteroatoms. The fraction of sp³-hybridized carbons (Fsp3) is 0.308.